The normalized spacial score (nSPS) is 43.5. The van der Waals surface area contributed by atoms with Crippen molar-refractivity contribution in [1.29, 1.82) is 0 Å². The van der Waals surface area contributed by atoms with E-state index in [1.54, 1.807) is 0 Å². The van der Waals surface area contributed by atoms with Crippen LogP contribution in [0.4, 0.5) is 0 Å². The average molecular weight is 419 g/mol. The van der Waals surface area contributed by atoms with Crippen molar-refractivity contribution in [3.63, 3.8) is 0 Å². The maximum Gasteiger partial charge on any atom is 0.192 e. The number of carbonyl (C=O) groups excluding carboxylic acids is 2. The summed E-state index contributed by atoms with van der Waals surface area (Å²) in [5.74, 6) is 0.983. The van der Waals surface area contributed by atoms with E-state index in [-0.39, 0.29) is 33.7 Å². The summed E-state index contributed by atoms with van der Waals surface area (Å²) in [6.45, 7) is 22.1. The van der Waals surface area contributed by atoms with E-state index in [0.29, 0.717) is 31.0 Å². The van der Waals surface area contributed by atoms with Crippen LogP contribution in [0.1, 0.15) is 80.1 Å². The second kappa shape index (κ2) is 6.88. The molecule has 0 amide bonds. The summed E-state index contributed by atoms with van der Waals surface area (Å²) in [4.78, 5) is 26.8. The Balaban J connectivity index is 2.19. The number of allylic oxidation sites excluding steroid dienone is 1. The standard InChI is InChI=1S/C25H42O3Si/c1-10-23(6)16-20(28-29(8,9)22(3,4)5)24(7)17(2)11-13-25(15-19(23)27)14-12-18(26)21(24)25/h10,17,20-21H,1,11-16H2,2-9H3/t17-,20-,21-,23-,24-,25-/m1/s1. The fourth-order valence-corrected chi connectivity index (χ4v) is 7.70. The van der Waals surface area contributed by atoms with Gasteiger partial charge in [-0.3, -0.25) is 9.59 Å². The summed E-state index contributed by atoms with van der Waals surface area (Å²) < 4.78 is 7.12. The van der Waals surface area contributed by atoms with Gasteiger partial charge in [-0.2, -0.15) is 0 Å². The third-order valence-electron chi connectivity index (χ3n) is 9.71. The van der Waals surface area contributed by atoms with Crippen LogP contribution in [-0.4, -0.2) is 26.0 Å². The van der Waals surface area contributed by atoms with Gasteiger partial charge in [-0.1, -0.05) is 40.7 Å². The molecular formula is C25H42O3Si. The molecule has 0 aromatic heterocycles. The van der Waals surface area contributed by atoms with Gasteiger partial charge >= 0.3 is 0 Å². The van der Waals surface area contributed by atoms with Crippen molar-refractivity contribution in [2.75, 3.05) is 0 Å². The van der Waals surface area contributed by atoms with Gasteiger partial charge in [0.05, 0.1) is 6.10 Å². The van der Waals surface area contributed by atoms with Crippen molar-refractivity contribution in [1.82, 2.24) is 0 Å². The highest BCUT2D eigenvalue weighted by atomic mass is 28.4. The lowest BCUT2D eigenvalue weighted by Crippen LogP contribution is -2.61. The van der Waals surface area contributed by atoms with Gasteiger partial charge in [-0.25, -0.2) is 0 Å². The summed E-state index contributed by atoms with van der Waals surface area (Å²) in [6.07, 6.45) is 6.49. The molecule has 6 atom stereocenters. The predicted molar refractivity (Wildman–Crippen MR) is 121 cm³/mol. The molecule has 3 aliphatic carbocycles. The number of rotatable bonds is 3. The van der Waals surface area contributed by atoms with E-state index in [0.717, 1.165) is 19.3 Å². The molecule has 4 heteroatoms. The molecule has 164 valence electrons. The van der Waals surface area contributed by atoms with Gasteiger partial charge in [-0.15, -0.1) is 6.58 Å². The van der Waals surface area contributed by atoms with Crippen LogP contribution in [0.3, 0.4) is 0 Å². The first-order chi connectivity index (χ1) is 13.1. The van der Waals surface area contributed by atoms with Crippen LogP contribution in [0, 0.1) is 28.1 Å². The highest BCUT2D eigenvalue weighted by Gasteiger charge is 2.66. The fourth-order valence-electron chi connectivity index (χ4n) is 6.30. The molecule has 3 rings (SSSR count). The van der Waals surface area contributed by atoms with Crippen molar-refractivity contribution in [2.24, 2.45) is 28.1 Å². The first kappa shape index (κ1) is 22.9. The third-order valence-corrected chi connectivity index (χ3v) is 14.2. The second-order valence-corrected chi connectivity index (χ2v) is 17.1. The van der Waals surface area contributed by atoms with Crippen molar-refractivity contribution < 1.29 is 14.0 Å². The summed E-state index contributed by atoms with van der Waals surface area (Å²) in [7, 11) is -2.09. The third kappa shape index (κ3) is 3.33. The lowest BCUT2D eigenvalue weighted by molar-refractivity contribution is -0.163. The first-order valence-electron chi connectivity index (χ1n) is 11.5. The molecule has 29 heavy (non-hydrogen) atoms. The van der Waals surface area contributed by atoms with Crippen molar-refractivity contribution in [2.45, 2.75) is 104 Å². The minimum absolute atomic E-state index is 0.0492. The van der Waals surface area contributed by atoms with Crippen LogP contribution < -0.4 is 0 Å². The van der Waals surface area contributed by atoms with Gasteiger partial charge in [0, 0.05) is 29.6 Å². The number of Topliss-reactive ketones (excluding diaryl/α,β-unsaturated/α-hetero) is 2. The minimum Gasteiger partial charge on any atom is -0.413 e. The number of carbonyl (C=O) groups is 2. The summed E-state index contributed by atoms with van der Waals surface area (Å²) >= 11 is 0. The van der Waals surface area contributed by atoms with E-state index in [4.69, 9.17) is 4.43 Å². The minimum atomic E-state index is -2.09. The van der Waals surface area contributed by atoms with E-state index in [2.05, 4.69) is 54.3 Å². The van der Waals surface area contributed by atoms with Gasteiger partial charge in [0.25, 0.3) is 0 Å². The van der Waals surface area contributed by atoms with Gasteiger partial charge in [-0.05, 0) is 62.1 Å². The van der Waals surface area contributed by atoms with Crippen molar-refractivity contribution in [3.8, 4) is 0 Å². The Bertz CT molecular complexity index is 720. The molecule has 3 aliphatic rings. The number of hydrogen-bond donors (Lipinski definition) is 0. The Hall–Kier alpha value is -0.743. The molecule has 0 heterocycles. The smallest absolute Gasteiger partial charge is 0.192 e. The zero-order valence-electron chi connectivity index (χ0n) is 20.0. The Morgan fingerprint density at radius 3 is 2.34 bits per heavy atom. The van der Waals surface area contributed by atoms with Gasteiger partial charge in [0.1, 0.15) is 11.6 Å². The lowest BCUT2D eigenvalue weighted by Gasteiger charge is -2.60. The molecule has 0 saturated heterocycles. The Morgan fingerprint density at radius 2 is 1.79 bits per heavy atom. The molecule has 0 aliphatic heterocycles. The molecule has 0 N–H and O–H groups in total. The highest BCUT2D eigenvalue weighted by molar-refractivity contribution is 6.74. The quantitative estimate of drug-likeness (QED) is 0.397. The zero-order chi connectivity index (χ0) is 22.0. The van der Waals surface area contributed by atoms with Crippen LogP contribution in [0.15, 0.2) is 12.7 Å². The SMILES string of the molecule is C=C[C@]1(C)C[C@@H](O[Si](C)(C)C(C)(C)C)[C@@]2(C)[C@H](C)CC[C@@]3(CCC(=O)[C@@H]32)CC1=O. The molecule has 2 bridgehead atoms. The van der Waals surface area contributed by atoms with Gasteiger partial charge in [0.2, 0.25) is 0 Å². The Kier molecular flexibility index (Phi) is 5.44. The molecule has 0 aromatic rings. The van der Waals surface area contributed by atoms with E-state index in [9.17, 15) is 9.59 Å². The molecule has 3 saturated carbocycles. The molecule has 3 nitrogen and oxygen atoms in total. The summed E-state index contributed by atoms with van der Waals surface area (Å²) in [5.41, 5.74) is -0.990. The van der Waals surface area contributed by atoms with Crippen LogP contribution in [0.25, 0.3) is 0 Å². The lowest BCUT2D eigenvalue weighted by atomic mass is 9.46. The molecule has 0 radical (unpaired) electrons. The molecule has 0 aromatic carbocycles. The van der Waals surface area contributed by atoms with Crippen molar-refractivity contribution >= 4 is 19.9 Å². The monoisotopic (exact) mass is 418 g/mol. The Labute approximate surface area is 179 Å². The molecule has 3 fully saturated rings. The number of ketones is 2. The molecule has 0 spiro atoms. The van der Waals surface area contributed by atoms with E-state index >= 15 is 0 Å². The largest absolute Gasteiger partial charge is 0.413 e. The van der Waals surface area contributed by atoms with E-state index in [1.807, 2.05) is 13.0 Å². The summed E-state index contributed by atoms with van der Waals surface area (Å²) in [5, 5.41) is 0.0784. The zero-order valence-corrected chi connectivity index (χ0v) is 21.0. The highest BCUT2D eigenvalue weighted by Crippen LogP contribution is 2.66. The number of hydrogen-bond acceptors (Lipinski definition) is 3. The topological polar surface area (TPSA) is 43.4 Å². The second-order valence-electron chi connectivity index (χ2n) is 12.4. The maximum atomic E-state index is 13.5. The van der Waals surface area contributed by atoms with Crippen LogP contribution in [0.2, 0.25) is 18.1 Å². The van der Waals surface area contributed by atoms with Crippen molar-refractivity contribution in [3.05, 3.63) is 12.7 Å². The fraction of sp³-hybridized carbons (Fsp3) is 0.840. The summed E-state index contributed by atoms with van der Waals surface area (Å²) in [6, 6.07) is 0. The van der Waals surface area contributed by atoms with Gasteiger partial charge in [0.15, 0.2) is 8.32 Å². The predicted octanol–water partition coefficient (Wildman–Crippen LogP) is 6.33. The van der Waals surface area contributed by atoms with Gasteiger partial charge < -0.3 is 4.43 Å². The molecule has 0 unspecified atom stereocenters. The maximum absolute atomic E-state index is 13.5. The van der Waals surface area contributed by atoms with Crippen LogP contribution in [-0.2, 0) is 14.0 Å². The first-order valence-corrected chi connectivity index (χ1v) is 14.4. The van der Waals surface area contributed by atoms with Crippen LogP contribution >= 0.6 is 0 Å². The van der Waals surface area contributed by atoms with E-state index in [1.165, 1.54) is 0 Å². The van der Waals surface area contributed by atoms with E-state index < -0.39 is 13.7 Å². The Morgan fingerprint density at radius 1 is 1.17 bits per heavy atom. The molecular weight excluding hydrogens is 376 g/mol. The average Bonchev–Trinajstić information content (AvgIpc) is 2.93. The van der Waals surface area contributed by atoms with Crippen LogP contribution in [0.5, 0.6) is 0 Å².